The number of aliphatic hydroxyl groups is 2. The highest BCUT2D eigenvalue weighted by molar-refractivity contribution is 5.41. The van der Waals surface area contributed by atoms with Crippen molar-refractivity contribution in [2.24, 2.45) is 0 Å². The van der Waals surface area contributed by atoms with Gasteiger partial charge in [-0.2, -0.15) is 0 Å². The smallest absolute Gasteiger partial charge is 0.180 e. The SMILES string of the molecule is COc1cc(CCOC(O)C(C)O)ccc1O. The van der Waals surface area contributed by atoms with Gasteiger partial charge >= 0.3 is 0 Å². The molecule has 0 saturated carbocycles. The van der Waals surface area contributed by atoms with E-state index in [1.807, 2.05) is 0 Å². The quantitative estimate of drug-likeness (QED) is 0.639. The van der Waals surface area contributed by atoms with Gasteiger partial charge in [0, 0.05) is 0 Å². The Hall–Kier alpha value is -1.30. The predicted molar refractivity (Wildman–Crippen MR) is 62.0 cm³/mol. The molecule has 1 aromatic carbocycles. The first kappa shape index (κ1) is 13.8. The van der Waals surface area contributed by atoms with E-state index in [0.29, 0.717) is 12.2 Å². The van der Waals surface area contributed by atoms with E-state index in [1.54, 1.807) is 18.2 Å². The van der Waals surface area contributed by atoms with Crippen molar-refractivity contribution in [1.29, 1.82) is 0 Å². The van der Waals surface area contributed by atoms with E-state index in [1.165, 1.54) is 14.0 Å². The Morgan fingerprint density at radius 1 is 1.29 bits per heavy atom. The summed E-state index contributed by atoms with van der Waals surface area (Å²) in [7, 11) is 1.48. The molecule has 2 atom stereocenters. The molecule has 0 aliphatic heterocycles. The van der Waals surface area contributed by atoms with E-state index >= 15 is 0 Å². The Morgan fingerprint density at radius 2 is 2.00 bits per heavy atom. The number of phenols is 1. The van der Waals surface area contributed by atoms with Crippen LogP contribution >= 0.6 is 0 Å². The van der Waals surface area contributed by atoms with Gasteiger partial charge in [0.05, 0.1) is 13.7 Å². The van der Waals surface area contributed by atoms with Crippen LogP contribution in [0.25, 0.3) is 0 Å². The van der Waals surface area contributed by atoms with E-state index in [2.05, 4.69) is 0 Å². The first-order valence-electron chi connectivity index (χ1n) is 5.38. The molecule has 0 heterocycles. The summed E-state index contributed by atoms with van der Waals surface area (Å²) in [6, 6.07) is 4.99. The normalized spacial score (nSPS) is 14.4. The van der Waals surface area contributed by atoms with Crippen molar-refractivity contribution in [1.82, 2.24) is 0 Å². The second-order valence-electron chi connectivity index (χ2n) is 3.76. The molecule has 1 rings (SSSR count). The van der Waals surface area contributed by atoms with Gasteiger partial charge in [-0.1, -0.05) is 6.07 Å². The second kappa shape index (κ2) is 6.44. The molecule has 0 aromatic heterocycles. The van der Waals surface area contributed by atoms with Crippen LogP contribution in [0.15, 0.2) is 18.2 Å². The number of ether oxygens (including phenoxy) is 2. The van der Waals surface area contributed by atoms with Crippen LogP contribution in [0.1, 0.15) is 12.5 Å². The van der Waals surface area contributed by atoms with Crippen molar-refractivity contribution in [3.63, 3.8) is 0 Å². The van der Waals surface area contributed by atoms with Crippen molar-refractivity contribution in [2.45, 2.75) is 25.7 Å². The second-order valence-corrected chi connectivity index (χ2v) is 3.76. The lowest BCUT2D eigenvalue weighted by Crippen LogP contribution is -2.26. The average Bonchev–Trinajstić information content (AvgIpc) is 2.31. The Kier molecular flexibility index (Phi) is 5.21. The maximum Gasteiger partial charge on any atom is 0.180 e. The minimum absolute atomic E-state index is 0.0844. The summed E-state index contributed by atoms with van der Waals surface area (Å²) in [5, 5.41) is 27.6. The van der Waals surface area contributed by atoms with Crippen molar-refractivity contribution in [3.8, 4) is 11.5 Å². The number of aliphatic hydroxyl groups excluding tert-OH is 2. The summed E-state index contributed by atoms with van der Waals surface area (Å²) in [6.07, 6.45) is -1.53. The predicted octanol–water partition coefficient (Wildman–Crippen LogP) is 0.659. The van der Waals surface area contributed by atoms with Crippen LogP contribution in [-0.2, 0) is 11.2 Å². The molecule has 5 nitrogen and oxygen atoms in total. The van der Waals surface area contributed by atoms with Crippen LogP contribution in [-0.4, -0.2) is 41.4 Å². The largest absolute Gasteiger partial charge is 0.504 e. The van der Waals surface area contributed by atoms with E-state index in [9.17, 15) is 10.2 Å². The molecular formula is C12H18O5. The molecule has 96 valence electrons. The topological polar surface area (TPSA) is 79.2 Å². The highest BCUT2D eigenvalue weighted by Crippen LogP contribution is 2.26. The van der Waals surface area contributed by atoms with Crippen molar-refractivity contribution >= 4 is 0 Å². The van der Waals surface area contributed by atoms with Crippen molar-refractivity contribution in [2.75, 3.05) is 13.7 Å². The third kappa shape index (κ3) is 4.22. The first-order chi connectivity index (χ1) is 8.04. The van der Waals surface area contributed by atoms with Gasteiger partial charge in [0.25, 0.3) is 0 Å². The highest BCUT2D eigenvalue weighted by atomic mass is 16.6. The molecule has 5 heteroatoms. The lowest BCUT2D eigenvalue weighted by atomic mass is 10.1. The minimum atomic E-state index is -1.17. The average molecular weight is 242 g/mol. The summed E-state index contributed by atoms with van der Waals surface area (Å²) in [5.41, 5.74) is 0.914. The molecule has 1 aromatic rings. The summed E-state index contributed by atoms with van der Waals surface area (Å²) >= 11 is 0. The Balaban J connectivity index is 2.47. The third-order valence-corrected chi connectivity index (χ3v) is 2.34. The minimum Gasteiger partial charge on any atom is -0.504 e. The maximum absolute atomic E-state index is 9.39. The molecule has 3 N–H and O–H groups in total. The fourth-order valence-electron chi connectivity index (χ4n) is 1.31. The summed E-state index contributed by atoms with van der Waals surface area (Å²) in [6.45, 7) is 1.73. The number of phenolic OH excluding ortho intramolecular Hbond substituents is 1. The van der Waals surface area contributed by atoms with Gasteiger partial charge in [-0.25, -0.2) is 0 Å². The summed E-state index contributed by atoms with van der Waals surface area (Å²) in [4.78, 5) is 0. The molecule has 2 unspecified atom stereocenters. The van der Waals surface area contributed by atoms with Gasteiger partial charge in [0.2, 0.25) is 0 Å². The van der Waals surface area contributed by atoms with Gasteiger partial charge in [0.1, 0.15) is 6.10 Å². The zero-order chi connectivity index (χ0) is 12.8. The van der Waals surface area contributed by atoms with E-state index in [0.717, 1.165) is 5.56 Å². The summed E-state index contributed by atoms with van der Waals surface area (Å²) in [5.74, 6) is 0.486. The molecule has 0 bridgehead atoms. The molecule has 0 amide bonds. The van der Waals surface area contributed by atoms with Crippen molar-refractivity contribution in [3.05, 3.63) is 23.8 Å². The standard InChI is InChI=1S/C12H18O5/c1-8(13)12(15)17-6-5-9-3-4-10(14)11(7-9)16-2/h3-4,7-8,12-15H,5-6H2,1-2H3. The molecular weight excluding hydrogens is 224 g/mol. The number of rotatable bonds is 6. The van der Waals surface area contributed by atoms with E-state index in [-0.39, 0.29) is 12.4 Å². The van der Waals surface area contributed by atoms with Crippen LogP contribution < -0.4 is 4.74 Å². The van der Waals surface area contributed by atoms with Gasteiger partial charge in [-0.15, -0.1) is 0 Å². The van der Waals surface area contributed by atoms with Crippen LogP contribution in [0.2, 0.25) is 0 Å². The first-order valence-corrected chi connectivity index (χ1v) is 5.38. The van der Waals surface area contributed by atoms with Crippen LogP contribution in [0, 0.1) is 0 Å². The van der Waals surface area contributed by atoms with Gasteiger partial charge < -0.3 is 24.8 Å². The number of methoxy groups -OCH3 is 1. The molecule has 0 spiro atoms. The third-order valence-electron chi connectivity index (χ3n) is 2.34. The molecule has 0 radical (unpaired) electrons. The molecule has 0 aliphatic carbocycles. The monoisotopic (exact) mass is 242 g/mol. The van der Waals surface area contributed by atoms with Crippen LogP contribution in [0.4, 0.5) is 0 Å². The number of hydrogen-bond acceptors (Lipinski definition) is 5. The van der Waals surface area contributed by atoms with E-state index in [4.69, 9.17) is 14.6 Å². The maximum atomic E-state index is 9.39. The zero-order valence-electron chi connectivity index (χ0n) is 9.96. The van der Waals surface area contributed by atoms with E-state index < -0.39 is 12.4 Å². The van der Waals surface area contributed by atoms with Crippen LogP contribution in [0.5, 0.6) is 11.5 Å². The lowest BCUT2D eigenvalue weighted by molar-refractivity contribution is -0.155. The fourth-order valence-corrected chi connectivity index (χ4v) is 1.31. The Morgan fingerprint density at radius 3 is 2.59 bits per heavy atom. The highest BCUT2D eigenvalue weighted by Gasteiger charge is 2.10. The molecule has 0 fully saturated rings. The van der Waals surface area contributed by atoms with Crippen LogP contribution in [0.3, 0.4) is 0 Å². The lowest BCUT2D eigenvalue weighted by Gasteiger charge is -2.14. The zero-order valence-corrected chi connectivity index (χ0v) is 9.96. The number of benzene rings is 1. The molecule has 17 heavy (non-hydrogen) atoms. The van der Waals surface area contributed by atoms with Gasteiger partial charge in [-0.3, -0.25) is 0 Å². The molecule has 0 aliphatic rings. The molecule has 0 saturated heterocycles. The number of aromatic hydroxyl groups is 1. The van der Waals surface area contributed by atoms with Gasteiger partial charge in [-0.05, 0) is 31.0 Å². The van der Waals surface area contributed by atoms with Gasteiger partial charge in [0.15, 0.2) is 17.8 Å². The van der Waals surface area contributed by atoms with Crippen molar-refractivity contribution < 1.29 is 24.8 Å². The summed E-state index contributed by atoms with van der Waals surface area (Å²) < 4.78 is 9.98. The number of hydrogen-bond donors (Lipinski definition) is 3. The fraction of sp³-hybridized carbons (Fsp3) is 0.500. The Labute approximate surface area is 100 Å². The Bertz CT molecular complexity index is 351.